The Morgan fingerprint density at radius 1 is 1.15 bits per heavy atom. The molecule has 1 N–H and O–H groups in total. The van der Waals surface area contributed by atoms with Gasteiger partial charge < -0.3 is 10.2 Å². The van der Waals surface area contributed by atoms with Crippen molar-refractivity contribution in [2.24, 2.45) is 0 Å². The second-order valence-corrected chi connectivity index (χ2v) is 5.13. The summed E-state index contributed by atoms with van der Waals surface area (Å²) >= 11 is 0. The number of rotatable bonds is 3. The lowest BCUT2D eigenvalue weighted by Crippen LogP contribution is -2.31. The lowest BCUT2D eigenvalue weighted by atomic mass is 9.95. The van der Waals surface area contributed by atoms with Crippen LogP contribution in [-0.4, -0.2) is 45.0 Å². The van der Waals surface area contributed by atoms with E-state index in [0.29, 0.717) is 17.7 Å². The smallest absolute Gasteiger partial charge is 0.228 e. The third-order valence-electron chi connectivity index (χ3n) is 3.52. The predicted molar refractivity (Wildman–Crippen MR) is 76.8 cm³/mol. The van der Waals surface area contributed by atoms with Crippen LogP contribution in [0.3, 0.4) is 0 Å². The molecule has 0 aliphatic carbocycles. The second-order valence-electron chi connectivity index (χ2n) is 5.13. The molecule has 1 saturated heterocycles. The molecule has 3 rings (SSSR count). The third-order valence-corrected chi connectivity index (χ3v) is 3.52. The zero-order chi connectivity index (χ0) is 13.8. The molecule has 2 aromatic rings. The monoisotopic (exact) mass is 270 g/mol. The van der Waals surface area contributed by atoms with Crippen molar-refractivity contribution >= 4 is 11.8 Å². The third kappa shape index (κ3) is 3.08. The summed E-state index contributed by atoms with van der Waals surface area (Å²) < 4.78 is 0. The van der Waals surface area contributed by atoms with Crippen LogP contribution in [0, 0.1) is 0 Å². The van der Waals surface area contributed by atoms with Crippen LogP contribution in [-0.2, 0) is 0 Å². The summed E-state index contributed by atoms with van der Waals surface area (Å²) in [6.07, 6.45) is 9.40. The standard InChI is InChI=1S/C14H18N6/c1-20-7-2-4-11(10-20)12-8-18-13(9-17-12)19-14-15-5-3-6-16-14/h3,5-6,8-9,11H,2,4,7,10H2,1H3,(H,15,16,18,19). The van der Waals surface area contributed by atoms with Crippen molar-refractivity contribution in [3.63, 3.8) is 0 Å². The molecule has 1 aliphatic rings. The van der Waals surface area contributed by atoms with E-state index in [2.05, 4.69) is 37.2 Å². The summed E-state index contributed by atoms with van der Waals surface area (Å²) in [4.78, 5) is 19.5. The lowest BCUT2D eigenvalue weighted by molar-refractivity contribution is 0.248. The summed E-state index contributed by atoms with van der Waals surface area (Å²) in [5, 5.41) is 3.04. The Morgan fingerprint density at radius 3 is 2.70 bits per heavy atom. The van der Waals surface area contributed by atoms with Crippen LogP contribution in [0.25, 0.3) is 0 Å². The van der Waals surface area contributed by atoms with Gasteiger partial charge in [0.25, 0.3) is 0 Å². The molecule has 104 valence electrons. The van der Waals surface area contributed by atoms with Gasteiger partial charge in [0.1, 0.15) is 0 Å². The minimum absolute atomic E-state index is 0.489. The Morgan fingerprint density at radius 2 is 2.00 bits per heavy atom. The molecule has 0 bridgehead atoms. The topological polar surface area (TPSA) is 66.8 Å². The van der Waals surface area contributed by atoms with Gasteiger partial charge in [-0.1, -0.05) is 0 Å². The number of hydrogen-bond acceptors (Lipinski definition) is 6. The van der Waals surface area contributed by atoms with Crippen molar-refractivity contribution in [2.75, 3.05) is 25.5 Å². The van der Waals surface area contributed by atoms with Gasteiger partial charge in [-0.2, -0.15) is 0 Å². The number of nitrogens with zero attached hydrogens (tertiary/aromatic N) is 5. The Balaban J connectivity index is 1.68. The average molecular weight is 270 g/mol. The number of likely N-dealkylation sites (N-methyl/N-ethyl adjacent to an activating group) is 1. The fraction of sp³-hybridized carbons (Fsp3) is 0.429. The highest BCUT2D eigenvalue weighted by Crippen LogP contribution is 2.24. The average Bonchev–Trinajstić information content (AvgIpc) is 2.49. The second kappa shape index (κ2) is 5.92. The summed E-state index contributed by atoms with van der Waals surface area (Å²) in [5.41, 5.74) is 1.07. The molecule has 0 spiro atoms. The maximum Gasteiger partial charge on any atom is 0.228 e. The van der Waals surface area contributed by atoms with Crippen LogP contribution in [0.1, 0.15) is 24.5 Å². The van der Waals surface area contributed by atoms with Crippen molar-refractivity contribution in [2.45, 2.75) is 18.8 Å². The van der Waals surface area contributed by atoms with Crippen molar-refractivity contribution in [1.82, 2.24) is 24.8 Å². The normalized spacial score (nSPS) is 19.8. The molecule has 0 aromatic carbocycles. The molecule has 3 heterocycles. The van der Waals surface area contributed by atoms with E-state index < -0.39 is 0 Å². The summed E-state index contributed by atoms with van der Waals surface area (Å²) in [6, 6.07) is 1.78. The zero-order valence-electron chi connectivity index (χ0n) is 11.5. The molecule has 0 saturated carbocycles. The highest BCUT2D eigenvalue weighted by molar-refractivity contribution is 5.45. The van der Waals surface area contributed by atoms with Gasteiger partial charge in [-0.05, 0) is 32.5 Å². The minimum Gasteiger partial charge on any atom is -0.307 e. The molecular formula is C14H18N6. The minimum atomic E-state index is 0.489. The van der Waals surface area contributed by atoms with E-state index in [-0.39, 0.29) is 0 Å². The highest BCUT2D eigenvalue weighted by atomic mass is 15.1. The number of nitrogens with one attached hydrogen (secondary N) is 1. The van der Waals surface area contributed by atoms with Gasteiger partial charge in [0, 0.05) is 24.9 Å². The lowest BCUT2D eigenvalue weighted by Gasteiger charge is -2.29. The Hall–Kier alpha value is -2.08. The maximum atomic E-state index is 4.53. The number of anilines is 2. The summed E-state index contributed by atoms with van der Waals surface area (Å²) in [7, 11) is 2.16. The molecule has 6 nitrogen and oxygen atoms in total. The van der Waals surface area contributed by atoms with Gasteiger partial charge in [-0.15, -0.1) is 0 Å². The summed E-state index contributed by atoms with van der Waals surface area (Å²) in [6.45, 7) is 2.23. The first kappa shape index (κ1) is 12.9. The van der Waals surface area contributed by atoms with Gasteiger partial charge in [0.2, 0.25) is 5.95 Å². The van der Waals surface area contributed by atoms with Gasteiger partial charge in [0.05, 0.1) is 18.1 Å². The fourth-order valence-electron chi connectivity index (χ4n) is 2.50. The van der Waals surface area contributed by atoms with Crippen molar-refractivity contribution < 1.29 is 0 Å². The Bertz CT molecular complexity index is 541. The molecule has 6 heteroatoms. The van der Waals surface area contributed by atoms with Crippen LogP contribution in [0.4, 0.5) is 11.8 Å². The molecule has 1 atom stereocenters. The molecule has 1 aliphatic heterocycles. The van der Waals surface area contributed by atoms with Gasteiger partial charge >= 0.3 is 0 Å². The largest absolute Gasteiger partial charge is 0.307 e. The Labute approximate surface area is 118 Å². The maximum absolute atomic E-state index is 4.53. The molecule has 20 heavy (non-hydrogen) atoms. The Kier molecular flexibility index (Phi) is 3.83. The van der Waals surface area contributed by atoms with Gasteiger partial charge in [-0.3, -0.25) is 4.98 Å². The van der Waals surface area contributed by atoms with E-state index in [9.17, 15) is 0 Å². The number of aromatic nitrogens is 4. The van der Waals surface area contributed by atoms with E-state index in [1.807, 2.05) is 6.20 Å². The SMILES string of the molecule is CN1CCCC(c2cnc(Nc3ncccn3)cn2)C1. The van der Waals surface area contributed by atoms with E-state index in [4.69, 9.17) is 0 Å². The van der Waals surface area contributed by atoms with Gasteiger partial charge in [-0.25, -0.2) is 15.0 Å². The van der Waals surface area contributed by atoms with Crippen LogP contribution in [0.2, 0.25) is 0 Å². The molecule has 1 unspecified atom stereocenters. The molecule has 0 radical (unpaired) electrons. The number of hydrogen-bond donors (Lipinski definition) is 1. The molecule has 0 amide bonds. The van der Waals surface area contributed by atoms with Gasteiger partial charge in [0.15, 0.2) is 5.82 Å². The van der Waals surface area contributed by atoms with Crippen LogP contribution >= 0.6 is 0 Å². The van der Waals surface area contributed by atoms with Crippen molar-refractivity contribution in [1.29, 1.82) is 0 Å². The number of piperidine rings is 1. The molecule has 1 fully saturated rings. The van der Waals surface area contributed by atoms with Crippen LogP contribution in [0.15, 0.2) is 30.9 Å². The predicted octanol–water partition coefficient (Wildman–Crippen LogP) is 1.82. The molecule has 2 aromatic heterocycles. The van der Waals surface area contributed by atoms with Crippen molar-refractivity contribution in [3.05, 3.63) is 36.5 Å². The molecular weight excluding hydrogens is 252 g/mol. The zero-order valence-corrected chi connectivity index (χ0v) is 11.5. The highest BCUT2D eigenvalue weighted by Gasteiger charge is 2.20. The quantitative estimate of drug-likeness (QED) is 0.917. The van der Waals surface area contributed by atoms with Crippen LogP contribution in [0.5, 0.6) is 0 Å². The fourth-order valence-corrected chi connectivity index (χ4v) is 2.50. The van der Waals surface area contributed by atoms with E-state index >= 15 is 0 Å². The first-order chi connectivity index (χ1) is 9.81. The van der Waals surface area contributed by atoms with E-state index in [0.717, 1.165) is 12.2 Å². The first-order valence-corrected chi connectivity index (χ1v) is 6.86. The van der Waals surface area contributed by atoms with E-state index in [1.165, 1.54) is 19.4 Å². The first-order valence-electron chi connectivity index (χ1n) is 6.86. The number of likely N-dealkylation sites (tertiary alicyclic amines) is 1. The van der Waals surface area contributed by atoms with Crippen molar-refractivity contribution in [3.8, 4) is 0 Å². The summed E-state index contributed by atoms with van der Waals surface area (Å²) in [5.74, 6) is 1.69. The van der Waals surface area contributed by atoms with Crippen LogP contribution < -0.4 is 5.32 Å². The van der Waals surface area contributed by atoms with E-state index in [1.54, 1.807) is 24.7 Å².